The molecule has 1 aliphatic rings. The maximum Gasteiger partial charge on any atom is 0.318 e. The van der Waals surface area contributed by atoms with Gasteiger partial charge in [-0.3, -0.25) is 0 Å². The predicted octanol–water partition coefficient (Wildman–Crippen LogP) is 4.39. The van der Waals surface area contributed by atoms with Crippen LogP contribution in [0.15, 0.2) is 16.7 Å². The first-order chi connectivity index (χ1) is 11.5. The Balaban J connectivity index is 1.70. The molecular weight excluding hydrogens is 322 g/mol. The van der Waals surface area contributed by atoms with Gasteiger partial charge in [0.2, 0.25) is 0 Å². The zero-order valence-electron chi connectivity index (χ0n) is 14.8. The summed E-state index contributed by atoms with van der Waals surface area (Å²) in [5.41, 5.74) is 2.15. The Kier molecular flexibility index (Phi) is 4.94. The fourth-order valence-corrected chi connectivity index (χ4v) is 4.35. The molecule has 2 heterocycles. The van der Waals surface area contributed by atoms with Crippen molar-refractivity contribution in [3.8, 4) is 0 Å². The van der Waals surface area contributed by atoms with Crippen LogP contribution in [0.5, 0.6) is 0 Å². The van der Waals surface area contributed by atoms with Crippen molar-refractivity contribution in [2.24, 2.45) is 0 Å². The number of carbonyl (C=O) groups excluding carboxylic acids is 1. The fraction of sp³-hybridized carbons (Fsp3) is 0.556. The average Bonchev–Trinajstić information content (AvgIpc) is 3.20. The lowest BCUT2D eigenvalue weighted by Crippen LogP contribution is -2.41. The van der Waals surface area contributed by atoms with E-state index in [1.54, 1.807) is 22.5 Å². The smallest absolute Gasteiger partial charge is 0.318 e. The molecule has 0 aromatic carbocycles. The molecule has 3 rings (SSSR count). The number of carbonyl (C=O) groups is 1. The number of aryl methyl sites for hydroxylation is 3. The van der Waals surface area contributed by atoms with E-state index in [9.17, 15) is 4.79 Å². The van der Waals surface area contributed by atoms with E-state index in [0.29, 0.717) is 0 Å². The van der Waals surface area contributed by atoms with Crippen LogP contribution in [0.3, 0.4) is 0 Å². The first kappa shape index (κ1) is 17.0. The summed E-state index contributed by atoms with van der Waals surface area (Å²) < 4.78 is 5.50. The van der Waals surface area contributed by atoms with E-state index in [2.05, 4.69) is 24.1 Å². The van der Waals surface area contributed by atoms with Crippen LogP contribution in [-0.4, -0.2) is 23.0 Å². The number of nitrogens with zero attached hydrogens (tertiary/aromatic N) is 2. The largest absolute Gasteiger partial charge is 0.469 e. The van der Waals surface area contributed by atoms with Gasteiger partial charge < -0.3 is 14.6 Å². The van der Waals surface area contributed by atoms with Gasteiger partial charge in [-0.2, -0.15) is 0 Å². The maximum atomic E-state index is 12.7. The van der Waals surface area contributed by atoms with Crippen molar-refractivity contribution in [3.63, 3.8) is 0 Å². The van der Waals surface area contributed by atoms with Crippen LogP contribution in [0.2, 0.25) is 0 Å². The lowest BCUT2D eigenvalue weighted by atomic mass is 9.93. The van der Waals surface area contributed by atoms with E-state index in [1.807, 2.05) is 20.0 Å². The average molecular weight is 347 g/mol. The minimum Gasteiger partial charge on any atom is -0.469 e. The van der Waals surface area contributed by atoms with Gasteiger partial charge in [0.05, 0.1) is 29.0 Å². The summed E-state index contributed by atoms with van der Waals surface area (Å²) in [7, 11) is 1.85. The molecule has 0 fully saturated rings. The van der Waals surface area contributed by atoms with Gasteiger partial charge in [0.1, 0.15) is 5.76 Å². The summed E-state index contributed by atoms with van der Waals surface area (Å²) in [6, 6.07) is 1.98. The molecule has 5 nitrogen and oxygen atoms in total. The highest BCUT2D eigenvalue weighted by Gasteiger charge is 2.27. The van der Waals surface area contributed by atoms with Gasteiger partial charge in [0, 0.05) is 23.9 Å². The Labute approximate surface area is 147 Å². The van der Waals surface area contributed by atoms with Gasteiger partial charge in [0.15, 0.2) is 0 Å². The molecule has 2 atom stereocenters. The molecule has 1 aliphatic carbocycles. The summed E-state index contributed by atoms with van der Waals surface area (Å²) in [5.74, 6) is 1.01. The Bertz CT molecular complexity index is 722. The van der Waals surface area contributed by atoms with E-state index in [4.69, 9.17) is 4.42 Å². The fourth-order valence-electron chi connectivity index (χ4n) is 3.24. The zero-order chi connectivity index (χ0) is 17.3. The lowest BCUT2D eigenvalue weighted by molar-refractivity contribution is 0.189. The molecular formula is C18H25N3O2S. The van der Waals surface area contributed by atoms with Crippen LogP contribution in [0.25, 0.3) is 0 Å². The van der Waals surface area contributed by atoms with Gasteiger partial charge >= 0.3 is 6.03 Å². The van der Waals surface area contributed by atoms with E-state index in [-0.39, 0.29) is 18.1 Å². The molecule has 0 radical (unpaired) electrons. The monoisotopic (exact) mass is 347 g/mol. The summed E-state index contributed by atoms with van der Waals surface area (Å²) >= 11 is 1.70. The van der Waals surface area contributed by atoms with Crippen LogP contribution < -0.4 is 5.32 Å². The second kappa shape index (κ2) is 6.97. The number of urea groups is 1. The summed E-state index contributed by atoms with van der Waals surface area (Å²) in [6.45, 7) is 6.19. The molecule has 2 aromatic rings. The molecule has 6 heteroatoms. The molecule has 24 heavy (non-hydrogen) atoms. The maximum absolute atomic E-state index is 12.7. The molecule has 0 saturated carbocycles. The highest BCUT2D eigenvalue weighted by Crippen LogP contribution is 2.32. The second-order valence-electron chi connectivity index (χ2n) is 6.39. The molecule has 1 N–H and O–H groups in total. The molecule has 2 unspecified atom stereocenters. The van der Waals surface area contributed by atoms with E-state index in [0.717, 1.165) is 52.6 Å². The SMILES string of the molecule is CCc1nc(C)c(C(C)N(C)C(=O)NC2CCCc3occc32)s1. The van der Waals surface area contributed by atoms with Gasteiger partial charge in [-0.1, -0.05) is 6.92 Å². The number of hydrogen-bond acceptors (Lipinski definition) is 4. The van der Waals surface area contributed by atoms with Crippen molar-refractivity contribution in [3.05, 3.63) is 39.2 Å². The van der Waals surface area contributed by atoms with E-state index in [1.165, 1.54) is 0 Å². The van der Waals surface area contributed by atoms with Gasteiger partial charge in [0.25, 0.3) is 0 Å². The molecule has 0 saturated heterocycles. The van der Waals surface area contributed by atoms with Crippen LogP contribution in [0.4, 0.5) is 4.79 Å². The third-order valence-electron chi connectivity index (χ3n) is 4.81. The van der Waals surface area contributed by atoms with Crippen molar-refractivity contribution >= 4 is 17.4 Å². The normalized spacial score (nSPS) is 18.1. The molecule has 2 amide bonds. The number of fused-ring (bicyclic) bond motifs is 1. The van der Waals surface area contributed by atoms with E-state index >= 15 is 0 Å². The lowest BCUT2D eigenvalue weighted by Gasteiger charge is -2.29. The predicted molar refractivity (Wildman–Crippen MR) is 95.3 cm³/mol. The van der Waals surface area contributed by atoms with Crippen molar-refractivity contribution < 1.29 is 9.21 Å². The molecule has 0 aliphatic heterocycles. The number of thiazole rings is 1. The first-order valence-electron chi connectivity index (χ1n) is 8.57. The topological polar surface area (TPSA) is 58.4 Å². The van der Waals surface area contributed by atoms with Crippen LogP contribution in [0.1, 0.15) is 65.7 Å². The van der Waals surface area contributed by atoms with E-state index < -0.39 is 0 Å². The van der Waals surface area contributed by atoms with Crippen LogP contribution in [-0.2, 0) is 12.8 Å². The molecule has 2 aromatic heterocycles. The third-order valence-corrected chi connectivity index (χ3v) is 6.28. The third kappa shape index (κ3) is 3.20. The van der Waals surface area contributed by atoms with Gasteiger partial charge in [-0.25, -0.2) is 9.78 Å². The Morgan fingerprint density at radius 1 is 1.58 bits per heavy atom. The quantitative estimate of drug-likeness (QED) is 0.892. The Hall–Kier alpha value is -1.82. The van der Waals surface area contributed by atoms with Crippen molar-refractivity contribution in [2.75, 3.05) is 7.05 Å². The van der Waals surface area contributed by atoms with Crippen molar-refractivity contribution in [2.45, 2.75) is 58.5 Å². The number of amides is 2. The first-order valence-corrected chi connectivity index (χ1v) is 9.38. The Morgan fingerprint density at radius 3 is 3.08 bits per heavy atom. The van der Waals surface area contributed by atoms with Gasteiger partial charge in [-0.15, -0.1) is 11.3 Å². The van der Waals surface area contributed by atoms with Crippen molar-refractivity contribution in [1.82, 2.24) is 15.2 Å². The minimum absolute atomic E-state index is 0.00945. The number of hydrogen-bond donors (Lipinski definition) is 1. The molecule has 0 bridgehead atoms. The molecule has 0 spiro atoms. The number of furan rings is 1. The summed E-state index contributed by atoms with van der Waals surface area (Å²) in [5, 5.41) is 4.29. The molecule has 130 valence electrons. The Morgan fingerprint density at radius 2 is 2.38 bits per heavy atom. The van der Waals surface area contributed by atoms with Gasteiger partial charge in [-0.05, 0) is 39.2 Å². The van der Waals surface area contributed by atoms with Crippen LogP contribution >= 0.6 is 11.3 Å². The number of aromatic nitrogens is 1. The highest BCUT2D eigenvalue weighted by molar-refractivity contribution is 7.11. The second-order valence-corrected chi connectivity index (χ2v) is 7.51. The van der Waals surface area contributed by atoms with Crippen LogP contribution in [0, 0.1) is 6.92 Å². The summed E-state index contributed by atoms with van der Waals surface area (Å²) in [6.07, 6.45) is 5.60. The minimum atomic E-state index is -0.0487. The number of nitrogens with one attached hydrogen (secondary N) is 1. The standard InChI is InChI=1S/C18H25N3O2S/c1-5-16-19-11(2)17(24-16)12(3)21(4)18(22)20-14-7-6-8-15-13(14)9-10-23-15/h9-10,12,14H,5-8H2,1-4H3,(H,20,22). The summed E-state index contributed by atoms with van der Waals surface area (Å²) in [4.78, 5) is 20.2. The van der Waals surface area contributed by atoms with Crippen molar-refractivity contribution in [1.29, 1.82) is 0 Å². The zero-order valence-corrected chi connectivity index (χ0v) is 15.6. The number of rotatable bonds is 4. The highest BCUT2D eigenvalue weighted by atomic mass is 32.1.